The van der Waals surface area contributed by atoms with Crippen molar-refractivity contribution in [2.45, 2.75) is 58.1 Å². The van der Waals surface area contributed by atoms with Gasteiger partial charge in [0.2, 0.25) is 0 Å². The van der Waals surface area contributed by atoms with Crippen LogP contribution in [0.1, 0.15) is 51.9 Å². The first-order valence-corrected chi connectivity index (χ1v) is 8.59. The van der Waals surface area contributed by atoms with E-state index in [-0.39, 0.29) is 11.6 Å². The summed E-state index contributed by atoms with van der Waals surface area (Å²) in [5.41, 5.74) is 0.756. The van der Waals surface area contributed by atoms with Crippen molar-refractivity contribution in [3.8, 4) is 0 Å². The molecule has 1 N–H and O–H groups in total. The minimum Gasteiger partial charge on any atom is -0.467 e. The van der Waals surface area contributed by atoms with Crippen molar-refractivity contribution >= 4 is 6.09 Å². The number of rotatable bonds is 1. The molecular formula is C18H28N2O3. The number of hydrogen-bond acceptors (Lipinski definition) is 4. The van der Waals surface area contributed by atoms with Crippen molar-refractivity contribution in [2.24, 2.45) is 5.92 Å². The summed E-state index contributed by atoms with van der Waals surface area (Å²) in [4.78, 5) is 14.0. The molecule has 1 amide bonds. The maximum absolute atomic E-state index is 12.2. The summed E-state index contributed by atoms with van der Waals surface area (Å²) in [5, 5.41) is 3.66. The van der Waals surface area contributed by atoms with Crippen LogP contribution in [0.25, 0.3) is 0 Å². The second kappa shape index (κ2) is 5.86. The second-order valence-electron chi connectivity index (χ2n) is 7.90. The fourth-order valence-electron chi connectivity index (χ4n) is 3.82. The van der Waals surface area contributed by atoms with E-state index in [2.05, 4.69) is 18.3 Å². The molecule has 5 heteroatoms. The quantitative estimate of drug-likeness (QED) is 0.863. The van der Waals surface area contributed by atoms with E-state index in [9.17, 15) is 4.79 Å². The largest absolute Gasteiger partial charge is 0.467 e. The zero-order valence-electron chi connectivity index (χ0n) is 14.6. The van der Waals surface area contributed by atoms with Crippen LogP contribution in [0.2, 0.25) is 0 Å². The van der Waals surface area contributed by atoms with Gasteiger partial charge in [0.05, 0.1) is 11.8 Å². The molecule has 0 bridgehead atoms. The first-order chi connectivity index (χ1) is 10.8. The van der Waals surface area contributed by atoms with Crippen LogP contribution < -0.4 is 5.32 Å². The van der Waals surface area contributed by atoms with Gasteiger partial charge in [-0.3, -0.25) is 0 Å². The summed E-state index contributed by atoms with van der Waals surface area (Å²) >= 11 is 0. The van der Waals surface area contributed by atoms with Gasteiger partial charge in [0.15, 0.2) is 0 Å². The van der Waals surface area contributed by atoms with E-state index in [4.69, 9.17) is 9.15 Å². The highest BCUT2D eigenvalue weighted by Gasteiger charge is 2.43. The van der Waals surface area contributed by atoms with Crippen LogP contribution >= 0.6 is 0 Å². The molecule has 2 aliphatic heterocycles. The molecule has 0 aliphatic carbocycles. The summed E-state index contributed by atoms with van der Waals surface area (Å²) in [6.45, 7) is 10.4. The van der Waals surface area contributed by atoms with Gasteiger partial charge >= 0.3 is 6.09 Å². The third-order valence-corrected chi connectivity index (χ3v) is 5.07. The lowest BCUT2D eigenvalue weighted by Crippen LogP contribution is -2.53. The molecule has 1 unspecified atom stereocenters. The SMILES string of the molecule is CC(C)(C)OC(=O)N1CCC(C2(C)NCCc3ccoc32)CC1. The van der Waals surface area contributed by atoms with Crippen molar-refractivity contribution in [1.82, 2.24) is 10.2 Å². The number of nitrogens with one attached hydrogen (secondary N) is 1. The molecule has 0 radical (unpaired) electrons. The monoisotopic (exact) mass is 320 g/mol. The number of carbonyl (C=O) groups excluding carboxylic acids is 1. The zero-order valence-corrected chi connectivity index (χ0v) is 14.6. The van der Waals surface area contributed by atoms with Gasteiger partial charge in [0.25, 0.3) is 0 Å². The van der Waals surface area contributed by atoms with E-state index < -0.39 is 5.60 Å². The number of amides is 1. The van der Waals surface area contributed by atoms with Gasteiger partial charge in [-0.1, -0.05) is 0 Å². The van der Waals surface area contributed by atoms with Crippen LogP contribution in [-0.2, 0) is 16.7 Å². The smallest absolute Gasteiger partial charge is 0.410 e. The first-order valence-electron chi connectivity index (χ1n) is 8.59. The van der Waals surface area contributed by atoms with Crippen LogP contribution in [0.5, 0.6) is 0 Å². The Bertz CT molecular complexity index is 567. The van der Waals surface area contributed by atoms with Gasteiger partial charge in [0, 0.05) is 19.6 Å². The Morgan fingerprint density at radius 3 is 2.74 bits per heavy atom. The third kappa shape index (κ3) is 3.25. The predicted octanol–water partition coefficient (Wildman–Crippen LogP) is 3.29. The van der Waals surface area contributed by atoms with E-state index in [1.807, 2.05) is 25.7 Å². The van der Waals surface area contributed by atoms with E-state index in [1.165, 1.54) is 5.56 Å². The van der Waals surface area contributed by atoms with Gasteiger partial charge in [-0.25, -0.2) is 4.79 Å². The number of fused-ring (bicyclic) bond motifs is 1. The highest BCUT2D eigenvalue weighted by Crippen LogP contribution is 2.40. The Labute approximate surface area is 138 Å². The molecule has 5 nitrogen and oxygen atoms in total. The molecule has 1 fully saturated rings. The van der Waals surface area contributed by atoms with Gasteiger partial charge in [-0.05, 0) is 64.5 Å². The molecule has 0 aromatic carbocycles. The van der Waals surface area contributed by atoms with Crippen LogP contribution in [-0.4, -0.2) is 36.2 Å². The Kier molecular flexibility index (Phi) is 4.17. The Morgan fingerprint density at radius 1 is 1.39 bits per heavy atom. The number of piperidine rings is 1. The lowest BCUT2D eigenvalue weighted by Gasteiger charge is -2.44. The zero-order chi connectivity index (χ0) is 16.7. The van der Waals surface area contributed by atoms with Gasteiger partial charge in [0.1, 0.15) is 11.4 Å². The molecule has 1 aromatic heterocycles. The number of nitrogens with zero attached hydrogens (tertiary/aromatic N) is 1. The van der Waals surface area contributed by atoms with E-state index in [1.54, 1.807) is 6.26 Å². The van der Waals surface area contributed by atoms with E-state index >= 15 is 0 Å². The Balaban J connectivity index is 1.65. The Morgan fingerprint density at radius 2 is 2.09 bits per heavy atom. The molecular weight excluding hydrogens is 292 g/mol. The molecule has 1 aromatic rings. The lowest BCUT2D eigenvalue weighted by atomic mass is 9.74. The minimum absolute atomic E-state index is 0.128. The average molecular weight is 320 g/mol. The fourth-order valence-corrected chi connectivity index (χ4v) is 3.82. The molecule has 3 rings (SSSR count). The highest BCUT2D eigenvalue weighted by atomic mass is 16.6. The lowest BCUT2D eigenvalue weighted by molar-refractivity contribution is 0.0119. The summed E-state index contributed by atoms with van der Waals surface area (Å²) in [6.07, 6.45) is 4.55. The minimum atomic E-state index is -0.437. The molecule has 2 aliphatic rings. The second-order valence-corrected chi connectivity index (χ2v) is 7.90. The third-order valence-electron chi connectivity index (χ3n) is 5.07. The molecule has 1 saturated heterocycles. The van der Waals surface area contributed by atoms with Crippen molar-refractivity contribution in [2.75, 3.05) is 19.6 Å². The summed E-state index contributed by atoms with van der Waals surface area (Å²) in [6, 6.07) is 2.09. The average Bonchev–Trinajstić information content (AvgIpc) is 2.96. The van der Waals surface area contributed by atoms with Crippen molar-refractivity contribution in [1.29, 1.82) is 0 Å². The normalized spacial score (nSPS) is 26.0. The number of hydrogen-bond donors (Lipinski definition) is 1. The van der Waals surface area contributed by atoms with Crippen LogP contribution in [0.15, 0.2) is 16.7 Å². The van der Waals surface area contributed by atoms with E-state index in [0.717, 1.165) is 44.7 Å². The first kappa shape index (κ1) is 16.4. The van der Waals surface area contributed by atoms with Crippen molar-refractivity contribution < 1.29 is 13.9 Å². The summed E-state index contributed by atoms with van der Waals surface area (Å²) in [7, 11) is 0. The number of furan rings is 1. The summed E-state index contributed by atoms with van der Waals surface area (Å²) in [5.74, 6) is 1.55. The number of ether oxygens (including phenoxy) is 1. The van der Waals surface area contributed by atoms with Crippen LogP contribution in [0.4, 0.5) is 4.79 Å². The summed E-state index contributed by atoms with van der Waals surface area (Å²) < 4.78 is 11.3. The maximum Gasteiger partial charge on any atom is 0.410 e. The molecule has 23 heavy (non-hydrogen) atoms. The van der Waals surface area contributed by atoms with Crippen LogP contribution in [0.3, 0.4) is 0 Å². The van der Waals surface area contributed by atoms with Crippen LogP contribution in [0, 0.1) is 5.92 Å². The van der Waals surface area contributed by atoms with Crippen molar-refractivity contribution in [3.05, 3.63) is 23.7 Å². The molecule has 0 spiro atoms. The molecule has 128 valence electrons. The van der Waals surface area contributed by atoms with Crippen molar-refractivity contribution in [3.63, 3.8) is 0 Å². The number of carbonyl (C=O) groups is 1. The molecule has 1 atom stereocenters. The predicted molar refractivity (Wildman–Crippen MR) is 88.3 cm³/mol. The highest BCUT2D eigenvalue weighted by molar-refractivity contribution is 5.68. The molecule has 0 saturated carbocycles. The Hall–Kier alpha value is -1.49. The van der Waals surface area contributed by atoms with Gasteiger partial charge in [-0.2, -0.15) is 0 Å². The van der Waals surface area contributed by atoms with Gasteiger partial charge < -0.3 is 19.4 Å². The standard InChI is InChI=1S/C18H28N2O3/c1-17(2,3)23-16(21)20-10-6-14(7-11-20)18(4)15-13(5-9-19-18)8-12-22-15/h8,12,14,19H,5-7,9-11H2,1-4H3. The molecule has 3 heterocycles. The topological polar surface area (TPSA) is 54.7 Å². The van der Waals surface area contributed by atoms with Gasteiger partial charge in [-0.15, -0.1) is 0 Å². The number of likely N-dealkylation sites (tertiary alicyclic amines) is 1. The van der Waals surface area contributed by atoms with E-state index in [0.29, 0.717) is 5.92 Å². The maximum atomic E-state index is 12.2. The fraction of sp³-hybridized carbons (Fsp3) is 0.722.